The summed E-state index contributed by atoms with van der Waals surface area (Å²) in [6.45, 7) is 6.52. The first-order chi connectivity index (χ1) is 9.57. The smallest absolute Gasteiger partial charge is 0.184 e. The maximum atomic E-state index is 6.24. The van der Waals surface area contributed by atoms with Crippen molar-refractivity contribution >= 4 is 17.3 Å². The van der Waals surface area contributed by atoms with Gasteiger partial charge in [0.2, 0.25) is 0 Å². The number of hydrogen-bond acceptors (Lipinski definition) is 3. The molecule has 0 saturated carbocycles. The zero-order chi connectivity index (χ0) is 14.3. The van der Waals surface area contributed by atoms with Crippen LogP contribution >= 0.6 is 12.2 Å². The summed E-state index contributed by atoms with van der Waals surface area (Å²) in [7, 11) is 1.66. The van der Waals surface area contributed by atoms with Gasteiger partial charge in [-0.3, -0.25) is 0 Å². The van der Waals surface area contributed by atoms with Crippen molar-refractivity contribution in [3.8, 4) is 11.5 Å². The molecule has 1 aromatic rings. The Kier molecular flexibility index (Phi) is 3.09. The van der Waals surface area contributed by atoms with E-state index >= 15 is 0 Å². The summed E-state index contributed by atoms with van der Waals surface area (Å²) in [4.78, 5) is 2.04. The van der Waals surface area contributed by atoms with Crippen LogP contribution in [0, 0.1) is 0 Å². The Hall–Kier alpha value is -1.75. The standard InChI is InChI=1S/C15H18N2O2S/c1-4-7-17-14(20)16-12-9-15(17,2)19-13-8-10(18-3)5-6-11(12)13/h4-6,8,12H,1,7,9H2,2-3H3,(H,16,20). The van der Waals surface area contributed by atoms with Gasteiger partial charge in [-0.05, 0) is 31.3 Å². The minimum atomic E-state index is -0.444. The molecule has 1 fully saturated rings. The fraction of sp³-hybridized carbons (Fsp3) is 0.400. The van der Waals surface area contributed by atoms with Crippen molar-refractivity contribution in [2.24, 2.45) is 0 Å². The van der Waals surface area contributed by atoms with Gasteiger partial charge in [-0.2, -0.15) is 0 Å². The molecule has 0 aromatic heterocycles. The first-order valence-electron chi connectivity index (χ1n) is 6.63. The molecular formula is C15H18N2O2S. The minimum Gasteiger partial charge on any atom is -0.497 e. The van der Waals surface area contributed by atoms with Crippen LogP contribution in [0.1, 0.15) is 24.9 Å². The maximum absolute atomic E-state index is 6.24. The van der Waals surface area contributed by atoms with Crippen molar-refractivity contribution in [3.63, 3.8) is 0 Å². The molecule has 0 amide bonds. The van der Waals surface area contributed by atoms with E-state index in [1.165, 1.54) is 0 Å². The van der Waals surface area contributed by atoms with Crippen LogP contribution in [0.25, 0.3) is 0 Å². The van der Waals surface area contributed by atoms with Gasteiger partial charge < -0.3 is 19.7 Å². The molecular weight excluding hydrogens is 272 g/mol. The highest BCUT2D eigenvalue weighted by molar-refractivity contribution is 7.80. The van der Waals surface area contributed by atoms with E-state index in [0.717, 1.165) is 23.5 Å². The molecule has 2 aliphatic rings. The lowest BCUT2D eigenvalue weighted by molar-refractivity contribution is -0.0632. The molecule has 106 valence electrons. The van der Waals surface area contributed by atoms with Gasteiger partial charge in [-0.25, -0.2) is 0 Å². The van der Waals surface area contributed by atoms with E-state index in [4.69, 9.17) is 21.7 Å². The van der Waals surface area contributed by atoms with E-state index < -0.39 is 5.72 Å². The van der Waals surface area contributed by atoms with Gasteiger partial charge in [-0.1, -0.05) is 6.08 Å². The topological polar surface area (TPSA) is 33.7 Å². The SMILES string of the molecule is C=CCN1C(=S)NC2CC1(C)Oc1cc(OC)ccc12. The highest BCUT2D eigenvalue weighted by atomic mass is 32.1. The third-order valence-electron chi connectivity index (χ3n) is 3.93. The predicted octanol–water partition coefficient (Wildman–Crippen LogP) is 2.61. The number of benzene rings is 1. The Labute approximate surface area is 124 Å². The molecule has 5 heteroatoms. The van der Waals surface area contributed by atoms with Crippen molar-refractivity contribution in [2.75, 3.05) is 13.7 Å². The fourth-order valence-corrected chi connectivity index (χ4v) is 3.34. The molecule has 0 aliphatic carbocycles. The Balaban J connectivity index is 2.03. The second kappa shape index (κ2) is 4.66. The molecule has 2 bridgehead atoms. The predicted molar refractivity (Wildman–Crippen MR) is 82.0 cm³/mol. The number of thiocarbonyl (C=S) groups is 1. The molecule has 0 spiro atoms. The number of ether oxygens (including phenoxy) is 2. The van der Waals surface area contributed by atoms with Gasteiger partial charge in [0.25, 0.3) is 0 Å². The highest BCUT2D eigenvalue weighted by Crippen LogP contribution is 2.45. The average Bonchev–Trinajstić information content (AvgIpc) is 2.42. The lowest BCUT2D eigenvalue weighted by atomic mass is 9.90. The number of fused-ring (bicyclic) bond motifs is 4. The monoisotopic (exact) mass is 290 g/mol. The summed E-state index contributed by atoms with van der Waals surface area (Å²) in [6, 6.07) is 6.10. The number of rotatable bonds is 3. The third-order valence-corrected chi connectivity index (χ3v) is 4.27. The number of methoxy groups -OCH3 is 1. The third kappa shape index (κ3) is 1.93. The molecule has 1 aromatic carbocycles. The largest absolute Gasteiger partial charge is 0.497 e. The van der Waals surface area contributed by atoms with Gasteiger partial charge in [-0.15, -0.1) is 6.58 Å². The van der Waals surface area contributed by atoms with Gasteiger partial charge in [0.05, 0.1) is 13.2 Å². The van der Waals surface area contributed by atoms with E-state index in [1.54, 1.807) is 7.11 Å². The molecule has 2 unspecified atom stereocenters. The van der Waals surface area contributed by atoms with E-state index in [9.17, 15) is 0 Å². The first kappa shape index (κ1) is 13.2. The van der Waals surface area contributed by atoms with Gasteiger partial charge in [0.1, 0.15) is 11.5 Å². The van der Waals surface area contributed by atoms with Gasteiger partial charge in [0.15, 0.2) is 10.8 Å². The molecule has 2 atom stereocenters. The summed E-state index contributed by atoms with van der Waals surface area (Å²) in [5.74, 6) is 1.65. The molecule has 3 rings (SSSR count). The number of hydrogen-bond donors (Lipinski definition) is 1. The van der Waals surface area contributed by atoms with Crippen molar-refractivity contribution in [1.82, 2.24) is 10.2 Å². The van der Waals surface area contributed by atoms with Crippen molar-refractivity contribution in [1.29, 1.82) is 0 Å². The maximum Gasteiger partial charge on any atom is 0.184 e. The molecule has 4 nitrogen and oxygen atoms in total. The quantitative estimate of drug-likeness (QED) is 0.683. The summed E-state index contributed by atoms with van der Waals surface area (Å²) in [6.07, 6.45) is 2.68. The normalized spacial score (nSPS) is 27.2. The summed E-state index contributed by atoms with van der Waals surface area (Å²) >= 11 is 5.46. The van der Waals surface area contributed by atoms with Crippen LogP contribution in [0.5, 0.6) is 11.5 Å². The zero-order valence-electron chi connectivity index (χ0n) is 11.7. The zero-order valence-corrected chi connectivity index (χ0v) is 12.5. The van der Waals surface area contributed by atoms with Crippen LogP contribution in [0.3, 0.4) is 0 Å². The second-order valence-electron chi connectivity index (χ2n) is 5.29. The number of nitrogens with zero attached hydrogens (tertiary/aromatic N) is 1. The van der Waals surface area contributed by atoms with E-state index in [2.05, 4.69) is 18.8 Å². The van der Waals surface area contributed by atoms with Crippen LogP contribution in [-0.2, 0) is 0 Å². The lowest BCUT2D eigenvalue weighted by Gasteiger charge is -2.52. The summed E-state index contributed by atoms with van der Waals surface area (Å²) in [5, 5.41) is 4.10. The highest BCUT2D eigenvalue weighted by Gasteiger charge is 2.47. The van der Waals surface area contributed by atoms with Crippen molar-refractivity contribution < 1.29 is 9.47 Å². The summed E-state index contributed by atoms with van der Waals surface area (Å²) in [5.41, 5.74) is 0.685. The molecule has 2 aliphatic heterocycles. The molecule has 1 N–H and O–H groups in total. The van der Waals surface area contributed by atoms with E-state index in [-0.39, 0.29) is 6.04 Å². The van der Waals surface area contributed by atoms with E-state index in [0.29, 0.717) is 11.7 Å². The Morgan fingerprint density at radius 3 is 3.15 bits per heavy atom. The van der Waals surface area contributed by atoms with Crippen molar-refractivity contribution in [2.45, 2.75) is 25.1 Å². The minimum absolute atomic E-state index is 0.184. The Bertz CT molecular complexity index is 575. The summed E-state index contributed by atoms with van der Waals surface area (Å²) < 4.78 is 11.5. The Morgan fingerprint density at radius 2 is 2.45 bits per heavy atom. The van der Waals surface area contributed by atoms with Crippen LogP contribution in [-0.4, -0.2) is 29.4 Å². The van der Waals surface area contributed by atoms with Crippen LogP contribution in [0.4, 0.5) is 0 Å². The fourth-order valence-electron chi connectivity index (χ4n) is 2.93. The van der Waals surface area contributed by atoms with Crippen LogP contribution in [0.2, 0.25) is 0 Å². The lowest BCUT2D eigenvalue weighted by Crippen LogP contribution is -2.64. The van der Waals surface area contributed by atoms with Crippen LogP contribution in [0.15, 0.2) is 30.9 Å². The van der Waals surface area contributed by atoms with Gasteiger partial charge >= 0.3 is 0 Å². The molecule has 1 saturated heterocycles. The number of nitrogens with one attached hydrogen (secondary N) is 1. The van der Waals surface area contributed by atoms with Crippen LogP contribution < -0.4 is 14.8 Å². The average molecular weight is 290 g/mol. The molecule has 0 radical (unpaired) electrons. The van der Waals surface area contributed by atoms with Crippen molar-refractivity contribution in [3.05, 3.63) is 36.4 Å². The molecule has 2 heterocycles. The second-order valence-corrected chi connectivity index (χ2v) is 5.67. The first-order valence-corrected chi connectivity index (χ1v) is 7.04. The van der Waals surface area contributed by atoms with Gasteiger partial charge in [0, 0.05) is 24.6 Å². The molecule has 20 heavy (non-hydrogen) atoms. The Morgan fingerprint density at radius 1 is 1.65 bits per heavy atom. The van der Waals surface area contributed by atoms with E-state index in [1.807, 2.05) is 29.2 Å².